The fourth-order valence-corrected chi connectivity index (χ4v) is 3.11. The smallest absolute Gasteiger partial charge is 0.124 e. The van der Waals surface area contributed by atoms with Gasteiger partial charge >= 0.3 is 0 Å². The van der Waals surface area contributed by atoms with Crippen LogP contribution in [0.2, 0.25) is 5.02 Å². The Morgan fingerprint density at radius 2 is 2.10 bits per heavy atom. The van der Waals surface area contributed by atoms with Crippen molar-refractivity contribution in [2.24, 2.45) is 0 Å². The van der Waals surface area contributed by atoms with Crippen LogP contribution in [0.25, 0.3) is 10.2 Å². The zero-order valence-corrected chi connectivity index (χ0v) is 12.4. The van der Waals surface area contributed by atoms with Crippen LogP contribution in [0.3, 0.4) is 0 Å². The topological polar surface area (TPSA) is 24.9 Å². The lowest BCUT2D eigenvalue weighted by Gasteiger charge is -2.08. The molecule has 0 aliphatic carbocycles. The van der Waals surface area contributed by atoms with E-state index < -0.39 is 0 Å². The van der Waals surface area contributed by atoms with E-state index in [9.17, 15) is 4.39 Å². The number of rotatable bonds is 3. The maximum Gasteiger partial charge on any atom is 0.124 e. The van der Waals surface area contributed by atoms with Crippen LogP contribution < -0.4 is 5.32 Å². The molecule has 0 spiro atoms. The van der Waals surface area contributed by atoms with Gasteiger partial charge in [0.2, 0.25) is 0 Å². The first-order valence-electron chi connectivity index (χ1n) is 6.17. The molecule has 5 heteroatoms. The molecule has 0 fully saturated rings. The van der Waals surface area contributed by atoms with E-state index in [1.165, 1.54) is 12.1 Å². The molecule has 2 nitrogen and oxygen atoms in total. The molecule has 0 amide bonds. The maximum atomic E-state index is 13.0. The van der Waals surface area contributed by atoms with Gasteiger partial charge in [-0.2, -0.15) is 0 Å². The van der Waals surface area contributed by atoms with Gasteiger partial charge in [-0.15, -0.1) is 11.3 Å². The van der Waals surface area contributed by atoms with Crippen molar-refractivity contribution in [3.05, 3.63) is 57.8 Å². The first kappa shape index (κ1) is 13.3. The average Bonchev–Trinajstić information content (AvgIpc) is 2.77. The quantitative estimate of drug-likeness (QED) is 0.736. The Bertz CT molecular complexity index is 770. The minimum absolute atomic E-state index is 0.319. The summed E-state index contributed by atoms with van der Waals surface area (Å²) in [5, 5.41) is 4.79. The van der Waals surface area contributed by atoms with E-state index in [0.29, 0.717) is 11.6 Å². The Morgan fingerprint density at radius 1 is 1.25 bits per heavy atom. The summed E-state index contributed by atoms with van der Waals surface area (Å²) in [6.07, 6.45) is 0. The lowest BCUT2D eigenvalue weighted by Crippen LogP contribution is -2.00. The zero-order chi connectivity index (χ0) is 14.1. The molecule has 3 rings (SSSR count). The molecule has 0 saturated carbocycles. The van der Waals surface area contributed by atoms with Crippen LogP contribution in [0.1, 0.15) is 10.6 Å². The van der Waals surface area contributed by atoms with Crippen LogP contribution in [0, 0.1) is 12.7 Å². The zero-order valence-electron chi connectivity index (χ0n) is 10.8. The van der Waals surface area contributed by atoms with E-state index in [4.69, 9.17) is 11.6 Å². The number of nitrogens with zero attached hydrogens (tertiary/aromatic N) is 1. The maximum absolute atomic E-state index is 13.0. The van der Waals surface area contributed by atoms with Gasteiger partial charge in [0, 0.05) is 17.3 Å². The fourth-order valence-electron chi connectivity index (χ4n) is 2.01. The largest absolute Gasteiger partial charge is 0.381 e. The summed E-state index contributed by atoms with van der Waals surface area (Å²) in [6.45, 7) is 2.55. The van der Waals surface area contributed by atoms with Crippen LogP contribution in [-0.2, 0) is 6.54 Å². The van der Waals surface area contributed by atoms with Crippen molar-refractivity contribution in [1.29, 1.82) is 0 Å². The van der Waals surface area contributed by atoms with Crippen LogP contribution in [0.4, 0.5) is 10.1 Å². The lowest BCUT2D eigenvalue weighted by molar-refractivity contribution is 0.627. The third-order valence-corrected chi connectivity index (χ3v) is 4.28. The van der Waals surface area contributed by atoms with E-state index in [2.05, 4.69) is 16.4 Å². The summed E-state index contributed by atoms with van der Waals surface area (Å²) in [7, 11) is 0. The predicted molar refractivity (Wildman–Crippen MR) is 83.1 cm³/mol. The number of fused-ring (bicyclic) bond motifs is 1. The summed E-state index contributed by atoms with van der Waals surface area (Å²) in [5.74, 6) is -0.319. The third-order valence-electron chi connectivity index (χ3n) is 2.99. The molecular weight excluding hydrogens is 295 g/mol. The van der Waals surface area contributed by atoms with Crippen molar-refractivity contribution >= 4 is 38.8 Å². The molecule has 1 aromatic heterocycles. The van der Waals surface area contributed by atoms with Crippen LogP contribution in [-0.4, -0.2) is 4.98 Å². The fraction of sp³-hybridized carbons (Fsp3) is 0.133. The molecule has 20 heavy (non-hydrogen) atoms. The van der Waals surface area contributed by atoms with Gasteiger partial charge in [-0.25, -0.2) is 9.37 Å². The number of anilines is 1. The SMILES string of the molecule is Cc1nc2ccc(NCc3ccc(F)cc3Cl)cc2s1. The molecule has 102 valence electrons. The lowest BCUT2D eigenvalue weighted by atomic mass is 10.2. The number of hydrogen-bond acceptors (Lipinski definition) is 3. The number of thiazole rings is 1. The Kier molecular flexibility index (Phi) is 3.59. The first-order chi connectivity index (χ1) is 9.61. The molecule has 2 aromatic carbocycles. The van der Waals surface area contributed by atoms with Gasteiger partial charge in [-0.1, -0.05) is 17.7 Å². The minimum atomic E-state index is -0.319. The molecule has 0 unspecified atom stereocenters. The molecule has 0 radical (unpaired) electrons. The third kappa shape index (κ3) is 2.76. The predicted octanol–water partition coefficient (Wildman–Crippen LogP) is 5.01. The summed E-state index contributed by atoms with van der Waals surface area (Å²) in [6, 6.07) is 10.5. The van der Waals surface area contributed by atoms with Crippen molar-refractivity contribution in [1.82, 2.24) is 4.98 Å². The second kappa shape index (κ2) is 5.38. The molecule has 0 aliphatic rings. The van der Waals surface area contributed by atoms with Crippen molar-refractivity contribution in [2.75, 3.05) is 5.32 Å². The summed E-state index contributed by atoms with van der Waals surface area (Å²) in [4.78, 5) is 4.42. The average molecular weight is 307 g/mol. The molecular formula is C15H12ClFN2S. The van der Waals surface area contributed by atoms with Gasteiger partial charge in [0.1, 0.15) is 5.82 Å². The first-order valence-corrected chi connectivity index (χ1v) is 7.36. The van der Waals surface area contributed by atoms with Crippen molar-refractivity contribution < 1.29 is 4.39 Å². The van der Waals surface area contributed by atoms with Gasteiger partial charge < -0.3 is 5.32 Å². The Balaban J connectivity index is 1.79. The van der Waals surface area contributed by atoms with Crippen LogP contribution in [0.5, 0.6) is 0 Å². The summed E-state index contributed by atoms with van der Waals surface area (Å²) >= 11 is 7.67. The van der Waals surface area contributed by atoms with Gasteiger partial charge in [-0.3, -0.25) is 0 Å². The number of hydrogen-bond donors (Lipinski definition) is 1. The van der Waals surface area contributed by atoms with Crippen LogP contribution >= 0.6 is 22.9 Å². The highest BCUT2D eigenvalue weighted by atomic mass is 35.5. The monoisotopic (exact) mass is 306 g/mol. The number of aromatic nitrogens is 1. The molecule has 1 N–H and O–H groups in total. The second-order valence-corrected chi connectivity index (χ2v) is 6.15. The standard InChI is InChI=1S/C15H12ClFN2S/c1-9-19-14-5-4-12(7-15(14)20-9)18-8-10-2-3-11(17)6-13(10)16/h2-7,18H,8H2,1H3. The highest BCUT2D eigenvalue weighted by molar-refractivity contribution is 7.18. The number of halogens is 2. The molecule has 0 bridgehead atoms. The highest BCUT2D eigenvalue weighted by Gasteiger charge is 2.04. The van der Waals surface area contributed by atoms with Crippen molar-refractivity contribution in [3.8, 4) is 0 Å². The van der Waals surface area contributed by atoms with Gasteiger partial charge in [0.05, 0.1) is 15.2 Å². The van der Waals surface area contributed by atoms with Crippen molar-refractivity contribution in [3.63, 3.8) is 0 Å². The molecule has 0 atom stereocenters. The Labute approximate surface area is 125 Å². The number of aryl methyl sites for hydroxylation is 1. The Morgan fingerprint density at radius 3 is 2.90 bits per heavy atom. The van der Waals surface area contributed by atoms with Crippen molar-refractivity contribution in [2.45, 2.75) is 13.5 Å². The summed E-state index contributed by atoms with van der Waals surface area (Å²) < 4.78 is 14.1. The normalized spacial score (nSPS) is 10.9. The Hall–Kier alpha value is -1.65. The summed E-state index contributed by atoms with van der Waals surface area (Å²) in [5.41, 5.74) is 2.88. The van der Waals surface area contributed by atoms with E-state index in [1.807, 2.05) is 19.1 Å². The molecule has 1 heterocycles. The van der Waals surface area contributed by atoms with E-state index in [-0.39, 0.29) is 5.82 Å². The molecule has 0 aliphatic heterocycles. The van der Waals surface area contributed by atoms with Gasteiger partial charge in [0.25, 0.3) is 0 Å². The van der Waals surface area contributed by atoms with E-state index in [1.54, 1.807) is 17.4 Å². The highest BCUT2D eigenvalue weighted by Crippen LogP contribution is 2.25. The second-order valence-electron chi connectivity index (χ2n) is 4.50. The number of nitrogens with one attached hydrogen (secondary N) is 1. The van der Waals surface area contributed by atoms with Crippen LogP contribution in [0.15, 0.2) is 36.4 Å². The molecule has 3 aromatic rings. The number of benzene rings is 2. The van der Waals surface area contributed by atoms with Gasteiger partial charge in [-0.05, 0) is 42.8 Å². The molecule has 0 saturated heterocycles. The van der Waals surface area contributed by atoms with Gasteiger partial charge in [0.15, 0.2) is 0 Å². The minimum Gasteiger partial charge on any atom is -0.381 e. The van der Waals surface area contributed by atoms with E-state index >= 15 is 0 Å². The van der Waals surface area contributed by atoms with E-state index in [0.717, 1.165) is 26.5 Å².